The van der Waals surface area contributed by atoms with Crippen LogP contribution in [0.2, 0.25) is 0 Å². The summed E-state index contributed by atoms with van der Waals surface area (Å²) in [5.74, 6) is -0.543. The summed E-state index contributed by atoms with van der Waals surface area (Å²) in [4.78, 5) is 16.2. The minimum absolute atomic E-state index is 0.0109. The molecular formula is C27H26F3N5OS. The third kappa shape index (κ3) is 5.33. The highest BCUT2D eigenvalue weighted by molar-refractivity contribution is 7.12. The quantitative estimate of drug-likeness (QED) is 0.425. The van der Waals surface area contributed by atoms with Gasteiger partial charge in [-0.3, -0.25) is 9.48 Å². The topological polar surface area (TPSA) is 74.0 Å². The van der Waals surface area contributed by atoms with Crippen molar-refractivity contribution in [3.63, 3.8) is 0 Å². The van der Waals surface area contributed by atoms with E-state index < -0.39 is 11.9 Å². The van der Waals surface area contributed by atoms with Gasteiger partial charge in [-0.05, 0) is 42.5 Å². The average Bonchev–Trinajstić information content (AvgIpc) is 3.44. The molecule has 2 aromatic heterocycles. The van der Waals surface area contributed by atoms with E-state index in [0.29, 0.717) is 48.2 Å². The first-order valence-corrected chi connectivity index (χ1v) is 13.1. The number of hydrogen-bond acceptors (Lipinski definition) is 5. The average molecular weight is 526 g/mol. The Bertz CT molecular complexity index is 1380. The summed E-state index contributed by atoms with van der Waals surface area (Å²) in [6, 6.07) is 11.5. The van der Waals surface area contributed by atoms with Crippen molar-refractivity contribution in [2.24, 2.45) is 0 Å². The Morgan fingerprint density at radius 2 is 2.05 bits per heavy atom. The zero-order valence-corrected chi connectivity index (χ0v) is 21.1. The van der Waals surface area contributed by atoms with Gasteiger partial charge >= 0.3 is 6.18 Å². The van der Waals surface area contributed by atoms with Crippen molar-refractivity contribution in [1.82, 2.24) is 20.0 Å². The molecule has 0 spiro atoms. The first kappa shape index (κ1) is 25.2. The summed E-state index contributed by atoms with van der Waals surface area (Å²) < 4.78 is 43.1. The molecule has 6 nitrogen and oxygen atoms in total. The number of nitriles is 1. The zero-order valence-electron chi connectivity index (χ0n) is 20.3. The van der Waals surface area contributed by atoms with Crippen LogP contribution in [0.15, 0.2) is 48.7 Å². The van der Waals surface area contributed by atoms with Crippen LogP contribution in [0.25, 0.3) is 11.1 Å². The molecule has 0 radical (unpaired) electrons. The van der Waals surface area contributed by atoms with Crippen LogP contribution < -0.4 is 5.32 Å². The number of rotatable bonds is 7. The number of alkyl halides is 3. The number of carbonyl (C=O) groups excluding carboxylic acids is 1. The Hall–Kier alpha value is -3.42. The molecule has 10 heteroatoms. The number of nitrogens with zero attached hydrogens (tertiary/aromatic N) is 4. The molecule has 1 fully saturated rings. The van der Waals surface area contributed by atoms with Gasteiger partial charge in [0.15, 0.2) is 5.69 Å². The zero-order chi connectivity index (χ0) is 26.2. The lowest BCUT2D eigenvalue weighted by atomic mass is 9.83. The molecule has 1 aliphatic carbocycles. The van der Waals surface area contributed by atoms with Crippen molar-refractivity contribution in [2.45, 2.75) is 51.0 Å². The second kappa shape index (κ2) is 10.1. The highest BCUT2D eigenvalue weighted by Gasteiger charge is 2.39. The summed E-state index contributed by atoms with van der Waals surface area (Å²) in [5.41, 5.74) is 1.06. The molecule has 192 valence electrons. The maximum Gasteiger partial charge on any atom is 0.435 e. The van der Waals surface area contributed by atoms with Gasteiger partial charge in [-0.25, -0.2) is 0 Å². The molecule has 37 heavy (non-hydrogen) atoms. The lowest BCUT2D eigenvalue weighted by Crippen LogP contribution is -2.37. The first-order valence-electron chi connectivity index (χ1n) is 12.2. The van der Waals surface area contributed by atoms with Gasteiger partial charge in [-0.1, -0.05) is 30.3 Å². The van der Waals surface area contributed by atoms with E-state index in [9.17, 15) is 23.2 Å². The Balaban J connectivity index is 1.53. The predicted octanol–water partition coefficient (Wildman–Crippen LogP) is 5.30. The van der Waals surface area contributed by atoms with Crippen molar-refractivity contribution in [3.05, 3.63) is 75.3 Å². The molecule has 2 aliphatic rings. The number of aryl methyl sites for hydroxylation is 1. The molecule has 0 unspecified atom stereocenters. The van der Waals surface area contributed by atoms with Crippen LogP contribution in [0, 0.1) is 11.3 Å². The van der Waals surface area contributed by atoms with Crippen molar-refractivity contribution in [2.75, 3.05) is 13.1 Å². The van der Waals surface area contributed by atoms with Crippen molar-refractivity contribution in [3.8, 4) is 17.2 Å². The van der Waals surface area contributed by atoms with Crippen LogP contribution >= 0.6 is 11.3 Å². The van der Waals surface area contributed by atoms with Gasteiger partial charge in [-0.15, -0.1) is 11.3 Å². The molecule has 1 N–H and O–H groups in total. The number of hydrogen-bond donors (Lipinski definition) is 1. The fraction of sp³-hybridized carbons (Fsp3) is 0.370. The Morgan fingerprint density at radius 3 is 2.76 bits per heavy atom. The molecule has 3 heterocycles. The molecule has 0 saturated heterocycles. The minimum Gasteiger partial charge on any atom is -0.333 e. The van der Waals surface area contributed by atoms with E-state index in [1.807, 2.05) is 6.08 Å². The van der Waals surface area contributed by atoms with E-state index in [0.717, 1.165) is 23.3 Å². The SMILES string of the molecule is CCn1cc(-c2ccccc2[C@@H]2CN(C(=O)/C=C/CNC3CC3)Cc3sc(C#N)cc32)c(C(F)(F)F)n1. The van der Waals surface area contributed by atoms with Crippen molar-refractivity contribution >= 4 is 17.2 Å². The van der Waals surface area contributed by atoms with Gasteiger partial charge in [0.25, 0.3) is 0 Å². The Labute approximate surface area is 217 Å². The van der Waals surface area contributed by atoms with Crippen molar-refractivity contribution in [1.29, 1.82) is 5.26 Å². The van der Waals surface area contributed by atoms with Crippen LogP contribution in [0.1, 0.15) is 52.3 Å². The van der Waals surface area contributed by atoms with E-state index >= 15 is 0 Å². The second-order valence-electron chi connectivity index (χ2n) is 9.29. The first-order chi connectivity index (χ1) is 17.8. The summed E-state index contributed by atoms with van der Waals surface area (Å²) in [7, 11) is 0. The molecule has 1 aromatic carbocycles. The smallest absolute Gasteiger partial charge is 0.333 e. The van der Waals surface area contributed by atoms with E-state index in [4.69, 9.17) is 0 Å². The van der Waals surface area contributed by atoms with Crippen LogP contribution in [-0.4, -0.2) is 39.7 Å². The number of fused-ring (bicyclic) bond motifs is 1. The Morgan fingerprint density at radius 1 is 1.27 bits per heavy atom. The lowest BCUT2D eigenvalue weighted by molar-refractivity contribution is -0.141. The summed E-state index contributed by atoms with van der Waals surface area (Å²) >= 11 is 1.32. The molecule has 3 aromatic rings. The van der Waals surface area contributed by atoms with E-state index in [2.05, 4.69) is 16.5 Å². The lowest BCUT2D eigenvalue weighted by Gasteiger charge is -2.33. The number of carbonyl (C=O) groups is 1. The summed E-state index contributed by atoms with van der Waals surface area (Å²) in [5, 5.41) is 16.7. The molecule has 0 bridgehead atoms. The number of aromatic nitrogens is 2. The van der Waals surface area contributed by atoms with E-state index in [-0.39, 0.29) is 17.4 Å². The number of amides is 1. The fourth-order valence-electron chi connectivity index (χ4n) is 4.73. The van der Waals surface area contributed by atoms with Gasteiger partial charge in [0, 0.05) is 54.3 Å². The second-order valence-corrected chi connectivity index (χ2v) is 10.4. The number of halogens is 3. The normalized spacial score (nSPS) is 17.7. The molecule has 1 aliphatic heterocycles. The number of nitrogens with one attached hydrogen (secondary N) is 1. The molecule has 1 saturated carbocycles. The molecular weight excluding hydrogens is 499 g/mol. The maximum atomic E-state index is 13.9. The highest BCUT2D eigenvalue weighted by atomic mass is 32.1. The van der Waals surface area contributed by atoms with Crippen LogP contribution in [-0.2, 0) is 24.1 Å². The standard InChI is InChI=1S/C27H26F3N5OS/c1-2-35-15-23(26(33-35)27(28,29)30)20-7-4-3-6-19(20)22-14-34(16-24-21(22)12-18(13-31)37-24)25(36)8-5-11-32-17-9-10-17/h3-8,12,15,17,22,32H,2,9-11,14,16H2,1H3/b8-5+/t22-/m0/s1. The van der Waals surface area contributed by atoms with Crippen LogP contribution in [0.3, 0.4) is 0 Å². The number of benzene rings is 1. The van der Waals surface area contributed by atoms with Crippen LogP contribution in [0.4, 0.5) is 13.2 Å². The number of thiophene rings is 1. The largest absolute Gasteiger partial charge is 0.435 e. The molecule has 1 atom stereocenters. The van der Waals surface area contributed by atoms with Gasteiger partial charge in [0.2, 0.25) is 5.91 Å². The summed E-state index contributed by atoms with van der Waals surface area (Å²) in [6.45, 7) is 3.32. The third-order valence-electron chi connectivity index (χ3n) is 6.72. The maximum absolute atomic E-state index is 13.9. The third-order valence-corrected chi connectivity index (χ3v) is 7.76. The van der Waals surface area contributed by atoms with Crippen LogP contribution in [0.5, 0.6) is 0 Å². The van der Waals surface area contributed by atoms with Gasteiger partial charge in [0.1, 0.15) is 10.9 Å². The van der Waals surface area contributed by atoms with Gasteiger partial charge in [0.05, 0.1) is 6.54 Å². The van der Waals surface area contributed by atoms with Crippen molar-refractivity contribution < 1.29 is 18.0 Å². The summed E-state index contributed by atoms with van der Waals surface area (Å²) in [6.07, 6.45) is 2.49. The predicted molar refractivity (Wildman–Crippen MR) is 135 cm³/mol. The fourth-order valence-corrected chi connectivity index (χ4v) is 5.77. The monoisotopic (exact) mass is 525 g/mol. The molecule has 5 rings (SSSR count). The van der Waals surface area contributed by atoms with E-state index in [1.165, 1.54) is 22.2 Å². The van der Waals surface area contributed by atoms with Gasteiger partial charge < -0.3 is 10.2 Å². The van der Waals surface area contributed by atoms with E-state index in [1.54, 1.807) is 48.2 Å². The Kier molecular flexibility index (Phi) is 6.92. The minimum atomic E-state index is -4.61. The highest BCUT2D eigenvalue weighted by Crippen LogP contribution is 2.44. The van der Waals surface area contributed by atoms with Gasteiger partial charge in [-0.2, -0.15) is 23.5 Å². The molecule has 1 amide bonds.